The third-order valence-corrected chi connectivity index (χ3v) is 4.39. The van der Waals surface area contributed by atoms with Gasteiger partial charge in [0.05, 0.1) is 0 Å². The highest BCUT2D eigenvalue weighted by atomic mass is 15.1. The molecule has 2 aliphatic rings. The molecule has 1 saturated heterocycles. The van der Waals surface area contributed by atoms with Crippen molar-refractivity contribution >= 4 is 0 Å². The lowest BCUT2D eigenvalue weighted by Crippen LogP contribution is -2.40. The normalized spacial score (nSPS) is 35.4. The van der Waals surface area contributed by atoms with Gasteiger partial charge in [-0.15, -0.1) is 0 Å². The molecule has 1 heterocycles. The minimum Gasteiger partial charge on any atom is -0.314 e. The van der Waals surface area contributed by atoms with Crippen LogP contribution in [0.3, 0.4) is 0 Å². The van der Waals surface area contributed by atoms with E-state index in [1.807, 2.05) is 0 Å². The van der Waals surface area contributed by atoms with Crippen LogP contribution in [0.5, 0.6) is 0 Å². The van der Waals surface area contributed by atoms with Gasteiger partial charge in [0.25, 0.3) is 0 Å². The number of likely N-dealkylation sites (tertiary alicyclic amines) is 1. The number of nitrogens with one attached hydrogen (secondary N) is 1. The summed E-state index contributed by atoms with van der Waals surface area (Å²) in [5, 5.41) is 3.80. The first-order chi connectivity index (χ1) is 7.55. The number of piperidine rings is 1. The van der Waals surface area contributed by atoms with Crippen LogP contribution in [0.1, 0.15) is 46.0 Å². The largest absolute Gasteiger partial charge is 0.314 e. The molecule has 0 aromatic heterocycles. The highest BCUT2D eigenvalue weighted by Gasteiger charge is 2.31. The fourth-order valence-corrected chi connectivity index (χ4v) is 3.38. The van der Waals surface area contributed by atoms with Crippen molar-refractivity contribution in [2.45, 2.75) is 52.0 Å². The Morgan fingerprint density at radius 2 is 2.12 bits per heavy atom. The molecular weight excluding hydrogens is 196 g/mol. The van der Waals surface area contributed by atoms with Crippen molar-refractivity contribution in [2.24, 2.45) is 11.3 Å². The Morgan fingerprint density at radius 3 is 2.75 bits per heavy atom. The maximum Gasteiger partial charge on any atom is 0.00724 e. The van der Waals surface area contributed by atoms with E-state index in [0.29, 0.717) is 5.41 Å². The van der Waals surface area contributed by atoms with E-state index in [4.69, 9.17) is 0 Å². The van der Waals surface area contributed by atoms with Gasteiger partial charge < -0.3 is 10.2 Å². The van der Waals surface area contributed by atoms with Crippen LogP contribution in [-0.2, 0) is 0 Å². The van der Waals surface area contributed by atoms with E-state index in [2.05, 4.69) is 31.1 Å². The highest BCUT2D eigenvalue weighted by molar-refractivity contribution is 4.87. The van der Waals surface area contributed by atoms with Gasteiger partial charge >= 0.3 is 0 Å². The predicted octanol–water partition coefficient (Wildman–Crippen LogP) is 2.50. The highest BCUT2D eigenvalue weighted by Crippen LogP contribution is 2.36. The minimum absolute atomic E-state index is 0.584. The lowest BCUT2D eigenvalue weighted by molar-refractivity contribution is 0.202. The van der Waals surface area contributed by atoms with Crippen molar-refractivity contribution in [3.63, 3.8) is 0 Å². The molecule has 16 heavy (non-hydrogen) atoms. The van der Waals surface area contributed by atoms with Gasteiger partial charge in [-0.25, -0.2) is 0 Å². The fourth-order valence-electron chi connectivity index (χ4n) is 3.38. The zero-order chi connectivity index (χ0) is 11.6. The number of hydrogen-bond donors (Lipinski definition) is 1. The molecule has 0 aromatic rings. The molecule has 1 N–H and O–H groups in total. The number of rotatable bonds is 3. The molecule has 2 unspecified atom stereocenters. The molecule has 0 radical (unpaired) electrons. The van der Waals surface area contributed by atoms with Gasteiger partial charge in [-0.1, -0.05) is 13.8 Å². The van der Waals surface area contributed by atoms with Crippen LogP contribution in [0.25, 0.3) is 0 Å². The molecule has 2 heteroatoms. The van der Waals surface area contributed by atoms with Crippen LogP contribution in [0, 0.1) is 11.3 Å². The Balaban J connectivity index is 1.68. The third kappa shape index (κ3) is 3.46. The average molecular weight is 224 g/mol. The van der Waals surface area contributed by atoms with Crippen LogP contribution in [0.15, 0.2) is 0 Å². The summed E-state index contributed by atoms with van der Waals surface area (Å²) >= 11 is 0. The van der Waals surface area contributed by atoms with E-state index in [1.54, 1.807) is 0 Å². The van der Waals surface area contributed by atoms with Crippen molar-refractivity contribution in [3.8, 4) is 0 Å². The second-order valence-electron chi connectivity index (χ2n) is 6.78. The maximum absolute atomic E-state index is 3.80. The van der Waals surface area contributed by atoms with Gasteiger partial charge in [0.15, 0.2) is 0 Å². The lowest BCUT2D eigenvalue weighted by Gasteiger charge is -2.30. The first-order valence-electron chi connectivity index (χ1n) is 6.97. The zero-order valence-corrected chi connectivity index (χ0v) is 11.3. The Morgan fingerprint density at radius 1 is 1.31 bits per heavy atom. The second-order valence-corrected chi connectivity index (χ2v) is 6.78. The third-order valence-electron chi connectivity index (χ3n) is 4.39. The van der Waals surface area contributed by atoms with Gasteiger partial charge in [-0.3, -0.25) is 0 Å². The van der Waals surface area contributed by atoms with Gasteiger partial charge in [0.1, 0.15) is 0 Å². The average Bonchev–Trinajstić information content (AvgIpc) is 2.56. The fraction of sp³-hybridized carbons (Fsp3) is 1.00. The molecule has 2 fully saturated rings. The molecule has 0 amide bonds. The first kappa shape index (κ1) is 12.4. The topological polar surface area (TPSA) is 15.3 Å². The molecular formula is C14H28N2. The summed E-state index contributed by atoms with van der Waals surface area (Å²) in [6.07, 6.45) is 6.97. The van der Waals surface area contributed by atoms with E-state index in [9.17, 15) is 0 Å². The van der Waals surface area contributed by atoms with Crippen LogP contribution >= 0.6 is 0 Å². The van der Waals surface area contributed by atoms with Crippen molar-refractivity contribution in [1.82, 2.24) is 10.2 Å². The zero-order valence-electron chi connectivity index (χ0n) is 11.3. The van der Waals surface area contributed by atoms with Crippen molar-refractivity contribution in [3.05, 3.63) is 0 Å². The van der Waals surface area contributed by atoms with E-state index in [1.165, 1.54) is 51.7 Å². The van der Waals surface area contributed by atoms with E-state index < -0.39 is 0 Å². The molecule has 0 aromatic carbocycles. The maximum atomic E-state index is 3.80. The summed E-state index contributed by atoms with van der Waals surface area (Å²) in [5.74, 6) is 0.891. The molecule has 2 nitrogen and oxygen atoms in total. The SMILES string of the molecule is CN1CCCC(CNC2CCC(C)(C)C2)C1. The molecule has 2 atom stereocenters. The molecule has 1 saturated carbocycles. The quantitative estimate of drug-likeness (QED) is 0.792. The van der Waals surface area contributed by atoms with E-state index >= 15 is 0 Å². The van der Waals surface area contributed by atoms with Crippen LogP contribution in [0.2, 0.25) is 0 Å². The summed E-state index contributed by atoms with van der Waals surface area (Å²) < 4.78 is 0. The Labute approximate surface area is 101 Å². The summed E-state index contributed by atoms with van der Waals surface area (Å²) in [6.45, 7) is 8.65. The Hall–Kier alpha value is -0.0800. The van der Waals surface area contributed by atoms with Crippen LogP contribution in [0.4, 0.5) is 0 Å². The molecule has 2 rings (SSSR count). The van der Waals surface area contributed by atoms with Gasteiger partial charge in [0, 0.05) is 12.6 Å². The minimum atomic E-state index is 0.584. The lowest BCUT2D eigenvalue weighted by atomic mass is 9.91. The van der Waals surface area contributed by atoms with Gasteiger partial charge in [-0.05, 0) is 63.6 Å². The summed E-state index contributed by atoms with van der Waals surface area (Å²) in [5.41, 5.74) is 0.584. The molecule has 0 spiro atoms. The van der Waals surface area contributed by atoms with Gasteiger partial charge in [0.2, 0.25) is 0 Å². The van der Waals surface area contributed by atoms with Gasteiger partial charge in [-0.2, -0.15) is 0 Å². The Bertz CT molecular complexity index is 223. The molecule has 1 aliphatic carbocycles. The van der Waals surface area contributed by atoms with Crippen LogP contribution in [-0.4, -0.2) is 37.6 Å². The van der Waals surface area contributed by atoms with Crippen molar-refractivity contribution in [1.29, 1.82) is 0 Å². The standard InChI is InChI=1S/C14H28N2/c1-14(2)7-6-13(9-14)15-10-12-5-4-8-16(3)11-12/h12-13,15H,4-11H2,1-3H3. The number of nitrogens with zero attached hydrogens (tertiary/aromatic N) is 1. The van der Waals surface area contributed by atoms with Crippen molar-refractivity contribution in [2.75, 3.05) is 26.7 Å². The molecule has 94 valence electrons. The molecule has 0 bridgehead atoms. The first-order valence-corrected chi connectivity index (χ1v) is 6.97. The smallest absolute Gasteiger partial charge is 0.00724 e. The summed E-state index contributed by atoms with van der Waals surface area (Å²) in [7, 11) is 2.25. The van der Waals surface area contributed by atoms with E-state index in [-0.39, 0.29) is 0 Å². The summed E-state index contributed by atoms with van der Waals surface area (Å²) in [6, 6.07) is 0.794. The predicted molar refractivity (Wildman–Crippen MR) is 69.6 cm³/mol. The van der Waals surface area contributed by atoms with E-state index in [0.717, 1.165) is 12.0 Å². The van der Waals surface area contributed by atoms with Crippen LogP contribution < -0.4 is 5.32 Å². The second kappa shape index (κ2) is 5.05. The molecule has 1 aliphatic heterocycles. The number of hydrogen-bond acceptors (Lipinski definition) is 2. The summed E-state index contributed by atoms with van der Waals surface area (Å²) in [4.78, 5) is 2.48. The van der Waals surface area contributed by atoms with Crippen molar-refractivity contribution < 1.29 is 0 Å². The monoisotopic (exact) mass is 224 g/mol. The Kier molecular flexibility index (Phi) is 3.91.